The van der Waals surface area contributed by atoms with Crippen molar-refractivity contribution in [3.63, 3.8) is 0 Å². The average Bonchev–Trinajstić information content (AvgIpc) is 1.54. The van der Waals surface area contributed by atoms with E-state index in [2.05, 4.69) is 62.7 Å². The number of nitrogens with one attached hydrogen (secondary N) is 2. The van der Waals surface area contributed by atoms with Crippen molar-refractivity contribution in [1.29, 1.82) is 0 Å². The molecule has 11 saturated heterocycles. The Hall–Kier alpha value is -7.12. The average molecular weight is 2000 g/mol. The van der Waals surface area contributed by atoms with E-state index < -0.39 is 34.3 Å². The Morgan fingerprint density at radius 1 is 0.343 bits per heavy atom. The van der Waals surface area contributed by atoms with Crippen LogP contribution in [-0.4, -0.2) is 387 Å². The van der Waals surface area contributed by atoms with Gasteiger partial charge in [-0.15, -0.1) is 0 Å². The Morgan fingerprint density at radius 2 is 0.593 bits per heavy atom. The zero-order valence-electron chi connectivity index (χ0n) is 87.2. The van der Waals surface area contributed by atoms with E-state index in [0.29, 0.717) is 181 Å². The Kier molecular flexibility index (Phi) is 33.5. The lowest BCUT2D eigenvalue weighted by Gasteiger charge is -2.60. The molecule has 0 radical (unpaired) electrons. The number of rotatable bonds is 19. The molecule has 33 nitrogen and oxygen atoms in total. The van der Waals surface area contributed by atoms with Gasteiger partial charge in [0.1, 0.15) is 22.6 Å². The number of alkyl halides is 3. The van der Waals surface area contributed by atoms with Crippen LogP contribution in [0.15, 0.2) is 0 Å². The summed E-state index contributed by atoms with van der Waals surface area (Å²) >= 11 is 4.72. The van der Waals surface area contributed by atoms with Crippen LogP contribution in [0.1, 0.15) is 209 Å². The van der Waals surface area contributed by atoms with Crippen LogP contribution >= 0.6 is 11.6 Å². The number of carbonyl (C=O) groups excluding carboxylic acids is 12. The first-order valence-corrected chi connectivity index (χ1v) is 53.5. The minimum Gasteiger partial charge on any atom is -0.466 e. The van der Waals surface area contributed by atoms with Crippen LogP contribution in [0.4, 0.5) is 37.1 Å². The molecule has 0 bridgehead atoms. The monoisotopic (exact) mass is 2000 g/mol. The van der Waals surface area contributed by atoms with Gasteiger partial charge in [0.25, 0.3) is 0 Å². The quantitative estimate of drug-likeness (QED) is 0.0689. The summed E-state index contributed by atoms with van der Waals surface area (Å²) in [4.78, 5) is 164. The van der Waals surface area contributed by atoms with Crippen molar-refractivity contribution >= 4 is 82.8 Å². The molecule has 21 aliphatic rings. The molecule has 37 heteroatoms. The molecule has 21 rings (SSSR count). The molecule has 790 valence electrons. The zero-order valence-corrected chi connectivity index (χ0v) is 88.0. The second-order valence-electron chi connectivity index (χ2n) is 47.8. The van der Waals surface area contributed by atoms with Gasteiger partial charge in [-0.05, 0) is 281 Å². The van der Waals surface area contributed by atoms with E-state index >= 15 is 0 Å². The van der Waals surface area contributed by atoms with Crippen molar-refractivity contribution in [1.82, 2.24) is 69.4 Å². The Morgan fingerprint density at radius 3 is 0.814 bits per heavy atom. The van der Waals surface area contributed by atoms with Crippen molar-refractivity contribution in [3.05, 3.63) is 0 Å². The first kappa shape index (κ1) is 109. The summed E-state index contributed by atoms with van der Waals surface area (Å²) < 4.78 is 72.8. The fraction of sp³-hybridized carbons (Fsp3) is 0.883. The molecular formula is C103H166ClF3N14O19. The molecule has 5 unspecified atom stereocenters. The van der Waals surface area contributed by atoms with E-state index in [1.807, 2.05) is 126 Å². The number of hydrogen-bond donors (Lipinski definition) is 2. The predicted octanol–water partition coefficient (Wildman–Crippen LogP) is 11.2. The molecule has 10 saturated carbocycles. The van der Waals surface area contributed by atoms with Gasteiger partial charge in [0, 0.05) is 251 Å². The van der Waals surface area contributed by atoms with Crippen molar-refractivity contribution < 1.29 is 104 Å². The molecule has 5 spiro atoms. The number of halogens is 4. The summed E-state index contributed by atoms with van der Waals surface area (Å²) in [7, 11) is 0. The lowest BCUT2D eigenvalue weighted by molar-refractivity contribution is -0.204. The molecule has 8 amide bonds. The Balaban J connectivity index is 0.000000133. The van der Waals surface area contributed by atoms with Gasteiger partial charge in [-0.3, -0.25) is 53.2 Å². The van der Waals surface area contributed by atoms with Gasteiger partial charge in [-0.2, -0.15) is 13.2 Å². The summed E-state index contributed by atoms with van der Waals surface area (Å²) in [6.45, 7) is 63.1. The highest BCUT2D eigenvalue weighted by Crippen LogP contribution is 2.63. The number of piperidine rings is 5. The number of fused-ring (bicyclic) bond motifs is 5. The van der Waals surface area contributed by atoms with E-state index in [4.69, 9.17) is 40.0 Å². The molecule has 21 fully saturated rings. The van der Waals surface area contributed by atoms with Gasteiger partial charge in [-0.25, -0.2) is 24.0 Å². The van der Waals surface area contributed by atoms with Crippen molar-refractivity contribution in [2.75, 3.05) is 210 Å². The number of likely N-dealkylation sites (tertiary alicyclic amines) is 9. The summed E-state index contributed by atoms with van der Waals surface area (Å²) in [6, 6.07) is 2.37. The van der Waals surface area contributed by atoms with Gasteiger partial charge in [0.2, 0.25) is 17.7 Å². The fourth-order valence-electron chi connectivity index (χ4n) is 26.8. The summed E-state index contributed by atoms with van der Waals surface area (Å²) in [5, 5.41) is 6.46. The molecule has 11 heterocycles. The minimum absolute atomic E-state index is 0.00854. The highest BCUT2D eigenvalue weighted by molar-refractivity contribution is 6.61. The van der Waals surface area contributed by atoms with Gasteiger partial charge >= 0.3 is 53.8 Å². The molecule has 140 heavy (non-hydrogen) atoms. The van der Waals surface area contributed by atoms with E-state index in [9.17, 15) is 70.7 Å². The van der Waals surface area contributed by atoms with Crippen molar-refractivity contribution in [2.45, 2.75) is 256 Å². The second kappa shape index (κ2) is 43.1. The number of hydrogen-bond acceptors (Lipinski definition) is 25. The maximum Gasteiger partial charge on any atom is 0.471 e. The van der Waals surface area contributed by atoms with Crippen LogP contribution in [0.25, 0.3) is 0 Å². The topological polar surface area (TPSA) is 332 Å². The van der Waals surface area contributed by atoms with Gasteiger partial charge in [-0.1, -0.05) is 0 Å². The molecular weight excluding hydrogens is 1830 g/mol. The van der Waals surface area contributed by atoms with Crippen LogP contribution < -0.4 is 10.6 Å². The van der Waals surface area contributed by atoms with Crippen LogP contribution in [0.5, 0.6) is 0 Å². The van der Waals surface area contributed by atoms with Gasteiger partial charge in [0.15, 0.2) is 0 Å². The van der Waals surface area contributed by atoms with Gasteiger partial charge < -0.3 is 83.0 Å². The summed E-state index contributed by atoms with van der Waals surface area (Å²) in [5.74, 6) is 6.40. The van der Waals surface area contributed by atoms with Crippen LogP contribution in [-0.2, 0) is 66.7 Å². The molecule has 10 aliphatic carbocycles. The summed E-state index contributed by atoms with van der Waals surface area (Å²) in [5.41, 5.74) is -0.957. The fourth-order valence-corrected chi connectivity index (χ4v) is 26.9. The number of carbonyl (C=O) groups is 12. The maximum absolute atomic E-state index is 12.6. The number of ether oxygens (including phenoxy) is 7. The molecule has 0 aromatic carbocycles. The highest BCUT2D eigenvalue weighted by Gasteiger charge is 2.70. The van der Waals surface area contributed by atoms with Gasteiger partial charge in [0.05, 0.1) is 38.3 Å². The van der Waals surface area contributed by atoms with Crippen LogP contribution in [0.3, 0.4) is 0 Å². The number of ketones is 1. The lowest BCUT2D eigenvalue weighted by Crippen LogP contribution is -2.68. The molecule has 11 aliphatic heterocycles. The Bertz CT molecular complexity index is 4320. The number of Topliss-reactive ketones (excluding diaryl/α,β-unsaturated/α-hetero) is 1. The van der Waals surface area contributed by atoms with Crippen molar-refractivity contribution in [3.8, 4) is 0 Å². The predicted molar refractivity (Wildman–Crippen MR) is 517 cm³/mol. The lowest BCUT2D eigenvalue weighted by atomic mass is 9.60. The Labute approximate surface area is 833 Å². The van der Waals surface area contributed by atoms with E-state index in [-0.39, 0.29) is 83.9 Å². The number of nitrogens with zero attached hydrogens (tertiary/aromatic N) is 12. The smallest absolute Gasteiger partial charge is 0.466 e. The molecule has 0 aromatic rings. The van der Waals surface area contributed by atoms with E-state index in [1.54, 1.807) is 11.8 Å². The highest BCUT2D eigenvalue weighted by atomic mass is 35.5. The van der Waals surface area contributed by atoms with E-state index in [0.717, 1.165) is 162 Å². The zero-order chi connectivity index (χ0) is 102. The van der Waals surface area contributed by atoms with E-state index in [1.165, 1.54) is 64.5 Å². The normalized spacial score (nSPS) is 31.7. The molecule has 0 aromatic heterocycles. The number of amides is 8. The SMILES string of the molecule is C1CCNC1.CC(C)(C)OC(=O)N1CC2(CC(=O)C2)C1.CCN(CC)C(=O)C1[C@H]2CN(C3CC4(C3)CN(C(=O)C(F)(F)F)C4)C[C@@H]12.CCN(CC)C(=O)C1[C@H]2CN(C3CC4(C3)CN(C(=O)OC(C)(C)C)C4)C[C@@H]12.CCOC(=O)C1[C@H]2CN(C3CC4(C3)CN(C(=O)OC(C)(C)C)C4)C[C@@H]12.CCOC(=O)C1[C@H]2CNC[C@@H]12.CCOC(=O)Cl.CCOC(=O)N1CC2(CC(N3C[C@@H]4C(C(=O)N(CC)CC)[C@@H]4C3)C2)C1. The largest absolute Gasteiger partial charge is 0.471 e. The molecule has 15 atom stereocenters. The first-order valence-electron chi connectivity index (χ1n) is 53.1. The standard InChI is InChI=1S/C21H35N3O3.C19H31N3O3.C19H30N2O4.C18H26F3N3O2.C11H17NO3.C8H13NO2.C4H9N.C3H5ClO2/c1-6-22(7-2)18(25)17-15-10-23(11-16(15)17)14-8-21(9-14)12-24(13-21)19(26)27-20(3,4)5;1-4-20(5-2)17(23)16-14-9-21(10-15(14)16)13-7-19(8-13)11-22(12-19)18(24)25-6-3;1-5-24-16(22)15-13-8-20(9-14(13)15)12-6-19(7-12)10-21(11-19)17(23)25-18(2,3)4;1-3-22(4-2)15(25)14-12-7-23(8-13(12)14)11-5-17(6-11)9-24(10-17)16(26)18(19,20)21;1-10(2,3)15-9(14)12-6-11(7-12)4-8(13)5-11;1-2-11-8(10)7-5-3-9-4-6(5)7;1-2-4-5-3-1;1-2-6-3(4)5/h14-17H,6-13H2,1-5H3;13-16H,4-12H2,1-3H3;12-15H,5-11H2,1-4H3;11-14H,3-10H2,1-2H3;4-7H2,1-3H3;5-7,9H,2-4H2,1H3;5H,1-4H2;2H2,1H3/t15-,16+,17?;14-,15+,16?;13-,14+,15?;12-,13+,14?;;5-,6+,7?;;. The minimum atomic E-state index is -4.76. The third-order valence-corrected chi connectivity index (χ3v) is 34.3. The number of esters is 2. The third kappa shape index (κ3) is 24.7. The second-order valence-corrected chi connectivity index (χ2v) is 48.1. The third-order valence-electron chi connectivity index (χ3n) is 34.2. The van der Waals surface area contributed by atoms with Crippen molar-refractivity contribution in [2.24, 2.45) is 116 Å². The maximum atomic E-state index is 12.6. The van der Waals surface area contributed by atoms with Crippen LogP contribution in [0, 0.1) is 116 Å². The molecule has 2 N–H and O–H groups in total. The first-order chi connectivity index (χ1) is 66.0. The summed E-state index contributed by atoms with van der Waals surface area (Å²) in [6.07, 6.45) is 7.46. The van der Waals surface area contributed by atoms with Crippen LogP contribution in [0.2, 0.25) is 0 Å².